The third-order valence-electron chi connectivity index (χ3n) is 11.7. The Morgan fingerprint density at radius 1 is 0.638 bits per heavy atom. The zero-order chi connectivity index (χ0) is 32.5. The molecule has 4 heterocycles. The molecule has 0 spiro atoms. The lowest BCUT2D eigenvalue weighted by Crippen LogP contribution is -2.20. The topological polar surface area (TPSA) is 30.7 Å². The molecule has 0 amide bonds. The van der Waals surface area contributed by atoms with E-state index in [1.807, 2.05) is 6.07 Å². The molecule has 2 unspecified atom stereocenters. The fourth-order valence-corrected chi connectivity index (χ4v) is 9.13. The van der Waals surface area contributed by atoms with E-state index in [-0.39, 0.29) is 28.1 Å². The van der Waals surface area contributed by atoms with Gasteiger partial charge in [-0.05, 0) is 91.2 Å². The van der Waals surface area contributed by atoms with Crippen molar-refractivity contribution in [2.24, 2.45) is 0 Å². The predicted octanol–water partition coefficient (Wildman–Crippen LogP) is 11.1. The molecule has 0 saturated heterocycles. The number of benzene rings is 5. The number of hydrogen-bond donors (Lipinski definition) is 0. The quantitative estimate of drug-likeness (QED) is 0.170. The van der Waals surface area contributed by atoms with Gasteiger partial charge in [0, 0.05) is 32.5 Å². The van der Waals surface area contributed by atoms with Gasteiger partial charge in [-0.15, -0.1) is 0 Å². The van der Waals surface area contributed by atoms with Crippen molar-refractivity contribution in [1.29, 1.82) is 0 Å². The second kappa shape index (κ2) is 8.32. The first-order chi connectivity index (χ1) is 22.2. The van der Waals surface area contributed by atoms with Crippen LogP contribution in [0.4, 0.5) is 0 Å². The van der Waals surface area contributed by atoms with Gasteiger partial charge >= 0.3 is 0 Å². The molecule has 3 nitrogen and oxygen atoms in total. The Balaban J connectivity index is 1.36. The lowest BCUT2D eigenvalue weighted by Gasteiger charge is -2.24. The number of aromatic nitrogens is 1. The lowest BCUT2D eigenvalue weighted by molar-refractivity contribution is 0.0219. The van der Waals surface area contributed by atoms with Crippen LogP contribution in [0.2, 0.25) is 0 Å². The zero-order valence-corrected chi connectivity index (χ0v) is 28.4. The largest absolute Gasteiger partial charge is 0.353 e. The summed E-state index contributed by atoms with van der Waals surface area (Å²) >= 11 is 0. The Bertz CT molecular complexity index is 2560. The van der Waals surface area contributed by atoms with Gasteiger partial charge in [-0.25, -0.2) is 0 Å². The minimum Gasteiger partial charge on any atom is -0.353 e. The van der Waals surface area contributed by atoms with Crippen molar-refractivity contribution in [1.82, 2.24) is 4.40 Å². The van der Waals surface area contributed by atoms with Crippen LogP contribution in [0.1, 0.15) is 117 Å². The molecule has 3 heteroatoms. The van der Waals surface area contributed by atoms with Crippen LogP contribution in [-0.2, 0) is 21.0 Å². The van der Waals surface area contributed by atoms with Crippen molar-refractivity contribution in [3.63, 3.8) is 0 Å². The molecule has 2 aromatic heterocycles. The molecule has 3 aliphatic rings. The van der Waals surface area contributed by atoms with E-state index in [4.69, 9.17) is 4.74 Å². The highest BCUT2D eigenvalue weighted by molar-refractivity contribution is 6.27. The van der Waals surface area contributed by atoms with E-state index in [1.54, 1.807) is 0 Å². The molecule has 0 fully saturated rings. The highest BCUT2D eigenvalue weighted by atomic mass is 16.5. The standard InChI is InChI=1S/C44H39NO2/c1-42(2,3)22-13-14-32-30(17-22)36-33(44(32,7)8)15-16-34-37(36)31-19-23(43(4,5)6)18-27-26-20-29-28(21-35(26)45(34)38(27)31)39(46)41-25-12-10-9-11-24(25)40(29)47-41/h9-21,40-41H,1-8H3. The lowest BCUT2D eigenvalue weighted by atomic mass is 9.80. The molecule has 0 saturated carbocycles. The van der Waals surface area contributed by atoms with Gasteiger partial charge in [0.25, 0.3) is 0 Å². The van der Waals surface area contributed by atoms with Crippen molar-refractivity contribution < 1.29 is 9.53 Å². The van der Waals surface area contributed by atoms with Gasteiger partial charge in [-0.2, -0.15) is 0 Å². The average molecular weight is 614 g/mol. The molecule has 0 radical (unpaired) electrons. The molecule has 0 N–H and O–H groups in total. The molecule has 2 bridgehead atoms. The van der Waals surface area contributed by atoms with Gasteiger partial charge in [0.1, 0.15) is 12.2 Å². The van der Waals surface area contributed by atoms with Gasteiger partial charge in [0.05, 0.1) is 16.6 Å². The third-order valence-corrected chi connectivity index (χ3v) is 11.7. The van der Waals surface area contributed by atoms with Crippen LogP contribution in [0.5, 0.6) is 0 Å². The summed E-state index contributed by atoms with van der Waals surface area (Å²) in [5.74, 6) is 0.0642. The van der Waals surface area contributed by atoms with Crippen LogP contribution >= 0.6 is 0 Å². The van der Waals surface area contributed by atoms with Gasteiger partial charge in [-0.3, -0.25) is 4.79 Å². The van der Waals surface area contributed by atoms with E-state index in [9.17, 15) is 4.79 Å². The fraction of sp³-hybridized carbons (Fsp3) is 0.295. The van der Waals surface area contributed by atoms with Crippen LogP contribution in [0.3, 0.4) is 0 Å². The molecule has 232 valence electrons. The average Bonchev–Trinajstić information content (AvgIpc) is 3.72. The predicted molar refractivity (Wildman–Crippen MR) is 193 cm³/mol. The number of ether oxygens (including phenoxy) is 1. The molecule has 7 aromatic rings. The summed E-state index contributed by atoms with van der Waals surface area (Å²) in [4.78, 5) is 14.1. The summed E-state index contributed by atoms with van der Waals surface area (Å²) in [7, 11) is 0. The summed E-state index contributed by atoms with van der Waals surface area (Å²) in [5.41, 5.74) is 15.6. The number of Topliss-reactive ketones (excluding diaryl/α,β-unsaturated/α-hetero) is 1. The monoisotopic (exact) mass is 613 g/mol. The fourth-order valence-electron chi connectivity index (χ4n) is 9.13. The van der Waals surface area contributed by atoms with Crippen molar-refractivity contribution in [2.45, 2.75) is 83.8 Å². The number of rotatable bonds is 0. The van der Waals surface area contributed by atoms with E-state index < -0.39 is 6.10 Å². The van der Waals surface area contributed by atoms with E-state index in [1.165, 1.54) is 66.0 Å². The Morgan fingerprint density at radius 2 is 1.32 bits per heavy atom. The van der Waals surface area contributed by atoms with Gasteiger partial charge in [-0.1, -0.05) is 104 Å². The van der Waals surface area contributed by atoms with Crippen LogP contribution in [-0.4, -0.2) is 10.2 Å². The number of carbonyl (C=O) groups excluding carboxylic acids is 1. The summed E-state index contributed by atoms with van der Waals surface area (Å²) in [6.07, 6.45) is -0.746. The number of nitrogens with zero attached hydrogens (tertiary/aromatic N) is 1. The summed E-state index contributed by atoms with van der Waals surface area (Å²) < 4.78 is 8.88. The molecule has 1 aliphatic carbocycles. The van der Waals surface area contributed by atoms with Crippen LogP contribution < -0.4 is 0 Å². The maximum absolute atomic E-state index is 14.1. The SMILES string of the molecule is CC(C)(C)c1ccc2c(c1)-c1c(ccc3c1c1cc(C(C)(C)C)cc4c5cc6c(cc5n3c41)C(=O)C1OC6c3ccccc31)C2(C)C. The number of hydrogen-bond acceptors (Lipinski definition) is 2. The zero-order valence-electron chi connectivity index (χ0n) is 28.4. The van der Waals surface area contributed by atoms with Crippen molar-refractivity contribution >= 4 is 43.9 Å². The Hall–Kier alpha value is -4.47. The summed E-state index contributed by atoms with van der Waals surface area (Å²) in [6, 6.07) is 29.4. The van der Waals surface area contributed by atoms with Crippen molar-refractivity contribution in [2.75, 3.05) is 0 Å². The summed E-state index contributed by atoms with van der Waals surface area (Å²) in [6.45, 7) is 18.6. The molecular weight excluding hydrogens is 574 g/mol. The molecular formula is C44H39NO2. The molecule has 2 aliphatic heterocycles. The first-order valence-electron chi connectivity index (χ1n) is 17.0. The van der Waals surface area contributed by atoms with Crippen LogP contribution in [0, 0.1) is 0 Å². The van der Waals surface area contributed by atoms with Gasteiger partial charge in [0.15, 0.2) is 5.78 Å². The number of fused-ring (bicyclic) bond motifs is 17. The highest BCUT2D eigenvalue weighted by Gasteiger charge is 2.45. The molecule has 47 heavy (non-hydrogen) atoms. The minimum atomic E-state index is -0.529. The molecule has 10 rings (SSSR count). The Labute approximate surface area is 275 Å². The highest BCUT2D eigenvalue weighted by Crippen LogP contribution is 2.56. The number of ketones is 1. The maximum atomic E-state index is 14.1. The smallest absolute Gasteiger partial charge is 0.196 e. The van der Waals surface area contributed by atoms with Crippen LogP contribution in [0.25, 0.3) is 49.2 Å². The van der Waals surface area contributed by atoms with Crippen molar-refractivity contribution in [3.8, 4) is 11.1 Å². The first-order valence-corrected chi connectivity index (χ1v) is 17.0. The van der Waals surface area contributed by atoms with Gasteiger partial charge < -0.3 is 9.14 Å². The second-order valence-electron chi connectivity index (χ2n) is 16.9. The van der Waals surface area contributed by atoms with E-state index in [2.05, 4.69) is 133 Å². The van der Waals surface area contributed by atoms with Crippen molar-refractivity contribution in [3.05, 3.63) is 123 Å². The van der Waals surface area contributed by atoms with Gasteiger partial charge in [0.2, 0.25) is 0 Å². The van der Waals surface area contributed by atoms with E-state index in [0.717, 1.165) is 27.8 Å². The second-order valence-corrected chi connectivity index (χ2v) is 16.9. The number of carbonyl (C=O) groups is 1. The summed E-state index contributed by atoms with van der Waals surface area (Å²) in [5, 5.41) is 5.06. The van der Waals surface area contributed by atoms with Crippen LogP contribution in [0.15, 0.2) is 78.9 Å². The molecule has 5 aromatic carbocycles. The third kappa shape index (κ3) is 3.29. The first kappa shape index (κ1) is 27.6. The molecule has 2 atom stereocenters. The maximum Gasteiger partial charge on any atom is 0.196 e. The minimum absolute atomic E-state index is 0.0404. The normalized spacial score (nSPS) is 19.6. The Morgan fingerprint density at radius 3 is 2.04 bits per heavy atom. The Kier molecular flexibility index (Phi) is 4.89. The van der Waals surface area contributed by atoms with E-state index >= 15 is 0 Å². The van der Waals surface area contributed by atoms with E-state index in [0.29, 0.717) is 0 Å².